The Bertz CT molecular complexity index is 1160. The van der Waals surface area contributed by atoms with Crippen molar-refractivity contribution in [2.45, 2.75) is 79.1 Å². The quantitative estimate of drug-likeness (QED) is 0.0746. The van der Waals surface area contributed by atoms with Crippen LogP contribution in [0.3, 0.4) is 0 Å². The molecule has 2 unspecified atom stereocenters. The van der Waals surface area contributed by atoms with Gasteiger partial charge in [0.05, 0.1) is 35.5 Å². The van der Waals surface area contributed by atoms with Crippen molar-refractivity contribution in [2.24, 2.45) is 11.8 Å². The number of benzene rings is 2. The lowest BCUT2D eigenvalue weighted by Gasteiger charge is -2.14. The number of unbranched alkanes of at least 4 members (excludes halogenated alkanes) is 2. The van der Waals surface area contributed by atoms with E-state index in [1.165, 1.54) is 55.0 Å². The first-order valence-corrected chi connectivity index (χ1v) is 16.3. The van der Waals surface area contributed by atoms with Gasteiger partial charge in [-0.15, -0.1) is 0 Å². The highest BCUT2D eigenvalue weighted by atomic mass is 16.6. The smallest absolute Gasteiger partial charge is 0.338 e. The number of carbonyl (C=O) groups excluding carboxylic acids is 4. The molecule has 0 radical (unpaired) electrons. The van der Waals surface area contributed by atoms with Crippen LogP contribution in [0.5, 0.6) is 0 Å². The Labute approximate surface area is 267 Å². The van der Waals surface area contributed by atoms with Crippen molar-refractivity contribution in [3.05, 3.63) is 70.8 Å². The van der Waals surface area contributed by atoms with Gasteiger partial charge < -0.3 is 23.7 Å². The molecule has 2 aromatic carbocycles. The van der Waals surface area contributed by atoms with Crippen molar-refractivity contribution in [1.29, 1.82) is 0 Å². The topological polar surface area (TPSA) is 114 Å². The fraction of sp³-hybridized carbons (Fsp3) is 0.556. The SMILES string of the molecule is CCCCC(CC)COCCOC(=O)c1ccc(C(=O)OCCOC(=O)c2ccc(C(=O)OCC(CC)CCCC)cc2)cc1. The Morgan fingerprint density at radius 1 is 0.489 bits per heavy atom. The molecule has 0 saturated carbocycles. The van der Waals surface area contributed by atoms with Gasteiger partial charge in [-0.3, -0.25) is 0 Å². The van der Waals surface area contributed by atoms with Crippen LogP contribution in [0.15, 0.2) is 48.5 Å². The summed E-state index contributed by atoms with van der Waals surface area (Å²) < 4.78 is 26.7. The van der Waals surface area contributed by atoms with E-state index in [2.05, 4.69) is 27.7 Å². The first-order chi connectivity index (χ1) is 21.8. The highest BCUT2D eigenvalue weighted by Gasteiger charge is 2.15. The van der Waals surface area contributed by atoms with Crippen LogP contribution in [0, 0.1) is 11.8 Å². The van der Waals surface area contributed by atoms with E-state index in [4.69, 9.17) is 23.7 Å². The molecule has 2 rings (SSSR count). The molecule has 0 aliphatic carbocycles. The molecule has 0 N–H and O–H groups in total. The zero-order valence-electron chi connectivity index (χ0n) is 27.3. The second kappa shape index (κ2) is 21.9. The molecule has 0 aromatic heterocycles. The summed E-state index contributed by atoms with van der Waals surface area (Å²) in [6.07, 6.45) is 8.74. The standard InChI is InChI=1S/C36H50O9/c1-5-9-11-27(7-3)25-41-21-22-42-33(37)29-13-15-30(16-14-29)34(38)43-23-24-44-35(39)31-17-19-32(20-18-31)36(40)45-26-28(8-4)12-10-6-2/h13-20,27-28H,5-12,21-26H2,1-4H3. The fourth-order valence-electron chi connectivity index (χ4n) is 4.52. The van der Waals surface area contributed by atoms with Gasteiger partial charge in [0, 0.05) is 6.61 Å². The third-order valence-corrected chi connectivity index (χ3v) is 7.61. The summed E-state index contributed by atoms with van der Waals surface area (Å²) in [6, 6.07) is 12.0. The number of rotatable bonds is 22. The minimum absolute atomic E-state index is 0.144. The van der Waals surface area contributed by atoms with Crippen LogP contribution in [0.2, 0.25) is 0 Å². The van der Waals surface area contributed by atoms with E-state index in [9.17, 15) is 19.2 Å². The summed E-state index contributed by atoms with van der Waals surface area (Å²) in [5, 5.41) is 0. The molecule has 0 bridgehead atoms. The number of hydrogen-bond acceptors (Lipinski definition) is 9. The second-order valence-corrected chi connectivity index (χ2v) is 11.1. The monoisotopic (exact) mass is 626 g/mol. The fourth-order valence-corrected chi connectivity index (χ4v) is 4.52. The van der Waals surface area contributed by atoms with Crippen molar-refractivity contribution in [1.82, 2.24) is 0 Å². The minimum atomic E-state index is -0.615. The number of hydrogen-bond donors (Lipinski definition) is 0. The zero-order chi connectivity index (χ0) is 32.9. The molecule has 2 atom stereocenters. The average molecular weight is 627 g/mol. The Hall–Kier alpha value is -3.72. The minimum Gasteiger partial charge on any atom is -0.462 e. The van der Waals surface area contributed by atoms with Crippen LogP contribution in [0.1, 0.15) is 120 Å². The van der Waals surface area contributed by atoms with Crippen LogP contribution < -0.4 is 0 Å². The third kappa shape index (κ3) is 14.3. The van der Waals surface area contributed by atoms with Crippen LogP contribution >= 0.6 is 0 Å². The molecule has 45 heavy (non-hydrogen) atoms. The van der Waals surface area contributed by atoms with Crippen LogP contribution in [-0.2, 0) is 23.7 Å². The Morgan fingerprint density at radius 2 is 0.822 bits per heavy atom. The van der Waals surface area contributed by atoms with Crippen LogP contribution in [-0.4, -0.2) is 63.5 Å². The zero-order valence-corrected chi connectivity index (χ0v) is 27.3. The number of esters is 4. The highest BCUT2D eigenvalue weighted by molar-refractivity contribution is 5.94. The van der Waals surface area contributed by atoms with Gasteiger partial charge >= 0.3 is 23.9 Å². The third-order valence-electron chi connectivity index (χ3n) is 7.61. The lowest BCUT2D eigenvalue weighted by atomic mass is 10.0. The van der Waals surface area contributed by atoms with E-state index in [1.807, 2.05) is 0 Å². The predicted molar refractivity (Wildman–Crippen MR) is 171 cm³/mol. The van der Waals surface area contributed by atoms with Gasteiger partial charge in [-0.05, 0) is 73.2 Å². The average Bonchev–Trinajstić information content (AvgIpc) is 3.07. The first-order valence-electron chi connectivity index (χ1n) is 16.3. The summed E-state index contributed by atoms with van der Waals surface area (Å²) in [5.41, 5.74) is 1.18. The van der Waals surface area contributed by atoms with Gasteiger partial charge in [-0.25, -0.2) is 19.2 Å². The van der Waals surface area contributed by atoms with Crippen molar-refractivity contribution < 1.29 is 42.9 Å². The number of carbonyl (C=O) groups is 4. The molecule has 2 aromatic rings. The lowest BCUT2D eigenvalue weighted by molar-refractivity contribution is 0.0245. The number of ether oxygens (including phenoxy) is 5. The summed E-state index contributed by atoms with van der Waals surface area (Å²) in [7, 11) is 0. The maximum absolute atomic E-state index is 12.4. The molecule has 0 saturated heterocycles. The maximum atomic E-state index is 12.4. The second-order valence-electron chi connectivity index (χ2n) is 11.1. The Balaban J connectivity index is 1.67. The highest BCUT2D eigenvalue weighted by Crippen LogP contribution is 2.15. The first kappa shape index (κ1) is 37.5. The molecular weight excluding hydrogens is 576 g/mol. The molecule has 0 amide bonds. The van der Waals surface area contributed by atoms with E-state index in [0.717, 1.165) is 44.9 Å². The molecule has 0 heterocycles. The summed E-state index contributed by atoms with van der Waals surface area (Å²) in [5.74, 6) is -1.28. The molecule has 9 heteroatoms. The summed E-state index contributed by atoms with van der Waals surface area (Å²) in [4.78, 5) is 49.4. The van der Waals surface area contributed by atoms with E-state index < -0.39 is 23.9 Å². The van der Waals surface area contributed by atoms with E-state index in [1.54, 1.807) is 0 Å². The van der Waals surface area contributed by atoms with Crippen molar-refractivity contribution in [3.63, 3.8) is 0 Å². The van der Waals surface area contributed by atoms with Gasteiger partial charge in [-0.1, -0.05) is 66.2 Å². The van der Waals surface area contributed by atoms with Gasteiger partial charge in [-0.2, -0.15) is 0 Å². The molecule has 0 spiro atoms. The maximum Gasteiger partial charge on any atom is 0.338 e. The molecular formula is C36H50O9. The molecule has 0 fully saturated rings. The Morgan fingerprint density at radius 3 is 1.18 bits per heavy atom. The lowest BCUT2D eigenvalue weighted by Crippen LogP contribution is -2.16. The van der Waals surface area contributed by atoms with Gasteiger partial charge in [0.2, 0.25) is 0 Å². The van der Waals surface area contributed by atoms with Gasteiger partial charge in [0.25, 0.3) is 0 Å². The van der Waals surface area contributed by atoms with Crippen molar-refractivity contribution >= 4 is 23.9 Å². The molecule has 9 nitrogen and oxygen atoms in total. The van der Waals surface area contributed by atoms with E-state index >= 15 is 0 Å². The van der Waals surface area contributed by atoms with Crippen molar-refractivity contribution in [3.8, 4) is 0 Å². The van der Waals surface area contributed by atoms with Crippen LogP contribution in [0.25, 0.3) is 0 Å². The molecule has 0 aliphatic rings. The summed E-state index contributed by atoms with van der Waals surface area (Å²) in [6.45, 7) is 9.78. The summed E-state index contributed by atoms with van der Waals surface area (Å²) >= 11 is 0. The predicted octanol–water partition coefficient (Wildman–Crippen LogP) is 7.46. The van der Waals surface area contributed by atoms with Crippen molar-refractivity contribution in [2.75, 3.05) is 39.6 Å². The molecule has 248 valence electrons. The largest absolute Gasteiger partial charge is 0.462 e. The molecule has 0 aliphatic heterocycles. The van der Waals surface area contributed by atoms with E-state index in [0.29, 0.717) is 42.8 Å². The van der Waals surface area contributed by atoms with Crippen LogP contribution in [0.4, 0.5) is 0 Å². The normalized spacial score (nSPS) is 12.2. The van der Waals surface area contributed by atoms with E-state index in [-0.39, 0.29) is 30.9 Å². The Kier molecular flexibility index (Phi) is 18.2. The van der Waals surface area contributed by atoms with Gasteiger partial charge in [0.1, 0.15) is 19.8 Å². The van der Waals surface area contributed by atoms with Gasteiger partial charge in [0.15, 0.2) is 0 Å².